The Bertz CT molecular complexity index is 985. The van der Waals surface area contributed by atoms with Crippen molar-refractivity contribution in [2.24, 2.45) is 0 Å². The van der Waals surface area contributed by atoms with Crippen LogP contribution in [0.4, 0.5) is 13.2 Å². The Kier molecular flexibility index (Phi) is 5.16. The zero-order valence-electron chi connectivity index (χ0n) is 15.7. The van der Waals surface area contributed by atoms with Crippen LogP contribution in [0.5, 0.6) is 0 Å². The molecule has 2 aromatic carbocycles. The van der Waals surface area contributed by atoms with E-state index in [9.17, 15) is 18.3 Å². The minimum Gasteiger partial charge on any atom is -0.365 e. The fourth-order valence-electron chi connectivity index (χ4n) is 3.32. The van der Waals surface area contributed by atoms with Crippen molar-refractivity contribution in [3.05, 3.63) is 77.4 Å². The van der Waals surface area contributed by atoms with Gasteiger partial charge in [-0.25, -0.2) is 9.67 Å². The highest BCUT2D eigenvalue weighted by Crippen LogP contribution is 2.47. The van der Waals surface area contributed by atoms with Gasteiger partial charge in [-0.15, -0.1) is 11.8 Å². The van der Waals surface area contributed by atoms with E-state index in [0.717, 1.165) is 29.4 Å². The molecule has 0 spiro atoms. The van der Waals surface area contributed by atoms with E-state index in [4.69, 9.17) is 0 Å². The molecule has 1 fully saturated rings. The number of rotatable bonds is 6. The fraction of sp³-hybridized carbons (Fsp3) is 0.333. The molecule has 1 heterocycles. The van der Waals surface area contributed by atoms with Gasteiger partial charge in [0.25, 0.3) is 0 Å². The van der Waals surface area contributed by atoms with Gasteiger partial charge in [0.05, 0.1) is 11.3 Å². The molecule has 29 heavy (non-hydrogen) atoms. The molecule has 1 atom stereocenters. The van der Waals surface area contributed by atoms with Crippen molar-refractivity contribution < 1.29 is 18.3 Å². The fourth-order valence-corrected chi connectivity index (χ4v) is 4.31. The molecule has 1 N–H and O–H groups in total. The van der Waals surface area contributed by atoms with E-state index in [1.807, 2.05) is 31.2 Å². The number of hydrogen-bond acceptors (Lipinski definition) is 4. The summed E-state index contributed by atoms with van der Waals surface area (Å²) < 4.78 is 41.1. The average molecular weight is 419 g/mol. The largest absolute Gasteiger partial charge is 0.416 e. The molecule has 152 valence electrons. The van der Waals surface area contributed by atoms with Gasteiger partial charge in [-0.05, 0) is 55.5 Å². The molecule has 4 nitrogen and oxygen atoms in total. The molecule has 4 rings (SSSR count). The summed E-state index contributed by atoms with van der Waals surface area (Å²) in [6.45, 7) is 1.99. The molecular formula is C21H20F3N3OS. The lowest BCUT2D eigenvalue weighted by Gasteiger charge is -2.31. The lowest BCUT2D eigenvalue weighted by atomic mass is 9.93. The van der Waals surface area contributed by atoms with Gasteiger partial charge < -0.3 is 5.11 Å². The van der Waals surface area contributed by atoms with Crippen LogP contribution in [0.15, 0.2) is 60.0 Å². The van der Waals surface area contributed by atoms with E-state index in [-0.39, 0.29) is 11.7 Å². The molecule has 0 aliphatic heterocycles. The predicted octanol–water partition coefficient (Wildman–Crippen LogP) is 4.97. The first kappa shape index (κ1) is 20.0. The second-order valence-electron chi connectivity index (χ2n) is 7.33. The zero-order valence-corrected chi connectivity index (χ0v) is 16.5. The molecule has 0 amide bonds. The molecule has 1 unspecified atom stereocenters. The summed E-state index contributed by atoms with van der Waals surface area (Å²) in [5.74, 6) is 0.205. The number of hydrogen-bond donors (Lipinski definition) is 1. The first-order valence-electron chi connectivity index (χ1n) is 9.26. The van der Waals surface area contributed by atoms with Gasteiger partial charge in [0.2, 0.25) is 0 Å². The van der Waals surface area contributed by atoms with Gasteiger partial charge in [-0.2, -0.15) is 18.3 Å². The Hall–Kier alpha value is -2.32. The molecule has 1 aliphatic carbocycles. The molecule has 3 aromatic rings. The third-order valence-electron chi connectivity index (χ3n) is 5.09. The standard InChI is InChI=1S/C21H20F3N3OS/c1-14-2-7-17(8-3-14)29-11-20(28,27-13-25-12-26-27)19-9-6-16(21(22,23)24)10-18(19)15-4-5-15/h2-3,6-10,12-13,15,28H,4-5,11H2,1H3. The highest BCUT2D eigenvalue weighted by Gasteiger charge is 2.41. The van der Waals surface area contributed by atoms with Crippen LogP contribution in [0.25, 0.3) is 0 Å². The first-order valence-corrected chi connectivity index (χ1v) is 10.2. The van der Waals surface area contributed by atoms with Gasteiger partial charge >= 0.3 is 6.18 Å². The zero-order chi connectivity index (χ0) is 20.6. The summed E-state index contributed by atoms with van der Waals surface area (Å²) in [6.07, 6.45) is -0.101. The van der Waals surface area contributed by atoms with E-state index < -0.39 is 17.5 Å². The topological polar surface area (TPSA) is 50.9 Å². The second kappa shape index (κ2) is 7.50. The van der Waals surface area contributed by atoms with Crippen molar-refractivity contribution in [2.75, 3.05) is 5.75 Å². The van der Waals surface area contributed by atoms with Gasteiger partial charge in [-0.3, -0.25) is 0 Å². The van der Waals surface area contributed by atoms with Gasteiger partial charge in [0.1, 0.15) is 12.7 Å². The number of aliphatic hydroxyl groups is 1. The molecule has 1 aromatic heterocycles. The number of alkyl halides is 3. The number of thioether (sulfide) groups is 1. The maximum atomic E-state index is 13.3. The van der Waals surface area contributed by atoms with Crippen molar-refractivity contribution in [2.45, 2.75) is 42.5 Å². The first-order chi connectivity index (χ1) is 13.8. The smallest absolute Gasteiger partial charge is 0.365 e. The van der Waals surface area contributed by atoms with E-state index in [0.29, 0.717) is 11.1 Å². The molecule has 8 heteroatoms. The van der Waals surface area contributed by atoms with Crippen LogP contribution in [-0.4, -0.2) is 25.6 Å². The lowest BCUT2D eigenvalue weighted by Crippen LogP contribution is -2.39. The Balaban J connectivity index is 1.74. The Labute approximate surface area is 170 Å². The number of benzene rings is 2. The van der Waals surface area contributed by atoms with E-state index in [1.54, 1.807) is 0 Å². The summed E-state index contributed by atoms with van der Waals surface area (Å²) in [7, 11) is 0. The summed E-state index contributed by atoms with van der Waals surface area (Å²) >= 11 is 1.42. The van der Waals surface area contributed by atoms with Crippen molar-refractivity contribution >= 4 is 11.8 Å². The minimum atomic E-state index is -4.43. The Morgan fingerprint density at radius 2 is 1.86 bits per heavy atom. The monoisotopic (exact) mass is 419 g/mol. The molecule has 1 saturated carbocycles. The third kappa shape index (κ3) is 4.18. The second-order valence-corrected chi connectivity index (χ2v) is 8.38. The van der Waals surface area contributed by atoms with Gasteiger partial charge in [0.15, 0.2) is 5.72 Å². The van der Waals surface area contributed by atoms with Crippen LogP contribution in [0, 0.1) is 6.92 Å². The van der Waals surface area contributed by atoms with Crippen molar-refractivity contribution in [3.63, 3.8) is 0 Å². The minimum absolute atomic E-state index is 0.0201. The highest BCUT2D eigenvalue weighted by molar-refractivity contribution is 7.99. The Morgan fingerprint density at radius 1 is 1.14 bits per heavy atom. The van der Waals surface area contributed by atoms with Gasteiger partial charge in [0, 0.05) is 10.5 Å². The van der Waals surface area contributed by atoms with Crippen molar-refractivity contribution in [1.82, 2.24) is 14.8 Å². The predicted molar refractivity (Wildman–Crippen MR) is 105 cm³/mol. The molecular weight excluding hydrogens is 399 g/mol. The van der Waals surface area contributed by atoms with Gasteiger partial charge in [-0.1, -0.05) is 23.8 Å². The van der Waals surface area contributed by atoms with E-state index >= 15 is 0 Å². The molecule has 0 saturated heterocycles. The lowest BCUT2D eigenvalue weighted by molar-refractivity contribution is -0.137. The quantitative estimate of drug-likeness (QED) is 0.574. The van der Waals surface area contributed by atoms with Crippen LogP contribution in [0.2, 0.25) is 0 Å². The number of aryl methyl sites for hydroxylation is 1. The summed E-state index contributed by atoms with van der Waals surface area (Å²) in [4.78, 5) is 4.88. The van der Waals surface area contributed by atoms with E-state index in [1.165, 1.54) is 41.2 Å². The summed E-state index contributed by atoms with van der Waals surface area (Å²) in [6, 6.07) is 11.4. The third-order valence-corrected chi connectivity index (χ3v) is 6.24. The number of halogens is 3. The van der Waals surface area contributed by atoms with Crippen LogP contribution in [0.3, 0.4) is 0 Å². The van der Waals surface area contributed by atoms with E-state index in [2.05, 4.69) is 10.1 Å². The average Bonchev–Trinajstić information content (AvgIpc) is 3.39. The van der Waals surface area contributed by atoms with Crippen LogP contribution in [0.1, 0.15) is 41.0 Å². The maximum Gasteiger partial charge on any atom is 0.416 e. The Morgan fingerprint density at radius 3 is 2.45 bits per heavy atom. The molecule has 0 radical (unpaired) electrons. The summed E-state index contributed by atoms with van der Waals surface area (Å²) in [5.41, 5.74) is -0.218. The van der Waals surface area contributed by atoms with Crippen molar-refractivity contribution in [3.8, 4) is 0 Å². The highest BCUT2D eigenvalue weighted by atomic mass is 32.2. The normalized spacial score (nSPS) is 16.6. The molecule has 0 bridgehead atoms. The van der Waals surface area contributed by atoms with Crippen LogP contribution in [-0.2, 0) is 11.9 Å². The number of aromatic nitrogens is 3. The SMILES string of the molecule is Cc1ccc(SCC(O)(c2ccc(C(F)(F)F)cc2C2CC2)n2cncn2)cc1. The van der Waals surface area contributed by atoms with Crippen LogP contribution >= 0.6 is 11.8 Å². The molecule has 1 aliphatic rings. The maximum absolute atomic E-state index is 13.3. The summed E-state index contributed by atoms with van der Waals surface area (Å²) in [5, 5.41) is 15.8. The van der Waals surface area contributed by atoms with Crippen molar-refractivity contribution in [1.29, 1.82) is 0 Å². The van der Waals surface area contributed by atoms with Crippen LogP contribution < -0.4 is 0 Å². The number of nitrogens with zero attached hydrogens (tertiary/aromatic N) is 3.